The number of likely N-dealkylation sites (tertiary alicyclic amines) is 1. The number of hydrogen-bond donors (Lipinski definition) is 0. The summed E-state index contributed by atoms with van der Waals surface area (Å²) < 4.78 is 7.57. The molecule has 4 rings (SSSR count). The highest BCUT2D eigenvalue weighted by atomic mass is 35.5. The number of ether oxygens (including phenoxy) is 1. The first-order chi connectivity index (χ1) is 11.1. The Bertz CT molecular complexity index is 784. The van der Waals surface area contributed by atoms with Crippen molar-refractivity contribution < 1.29 is 9.53 Å². The van der Waals surface area contributed by atoms with Crippen molar-refractivity contribution >= 4 is 29.1 Å². The molecule has 1 aromatic heterocycles. The van der Waals surface area contributed by atoms with Gasteiger partial charge in [-0.3, -0.25) is 4.79 Å². The second-order valence-corrected chi connectivity index (χ2v) is 6.54. The van der Waals surface area contributed by atoms with Gasteiger partial charge in [-0.2, -0.15) is 5.10 Å². The van der Waals surface area contributed by atoms with Crippen molar-refractivity contribution in [3.05, 3.63) is 33.9 Å². The van der Waals surface area contributed by atoms with Gasteiger partial charge >= 0.3 is 0 Å². The van der Waals surface area contributed by atoms with Gasteiger partial charge in [0.15, 0.2) is 5.69 Å². The van der Waals surface area contributed by atoms with Crippen molar-refractivity contribution in [2.45, 2.75) is 19.4 Å². The molecule has 1 fully saturated rings. The standard InChI is InChI=1S/C16H15Cl2N3O2/c17-11-4-3-10(9-12(11)18)13-14(15(22)20-5-1-6-20)19-21-7-2-8-23-16(13)21/h3-4,9H,1-2,5-8H2. The molecule has 2 aliphatic heterocycles. The van der Waals surface area contributed by atoms with E-state index in [1.807, 2.05) is 6.07 Å². The smallest absolute Gasteiger partial charge is 0.275 e. The second kappa shape index (κ2) is 5.73. The van der Waals surface area contributed by atoms with Gasteiger partial charge in [0.05, 0.1) is 22.2 Å². The Kier molecular flexibility index (Phi) is 3.70. The highest BCUT2D eigenvalue weighted by Gasteiger charge is 2.32. The highest BCUT2D eigenvalue weighted by molar-refractivity contribution is 6.42. The summed E-state index contributed by atoms with van der Waals surface area (Å²) in [5, 5.41) is 5.43. The summed E-state index contributed by atoms with van der Waals surface area (Å²) in [4.78, 5) is 14.5. The predicted molar refractivity (Wildman–Crippen MR) is 88.3 cm³/mol. The average Bonchev–Trinajstić information content (AvgIpc) is 2.88. The van der Waals surface area contributed by atoms with Crippen LogP contribution >= 0.6 is 23.2 Å². The third-order valence-electron chi connectivity index (χ3n) is 4.21. The number of benzene rings is 1. The third-order valence-corrected chi connectivity index (χ3v) is 4.95. The van der Waals surface area contributed by atoms with Gasteiger partial charge in [-0.05, 0) is 24.1 Å². The summed E-state index contributed by atoms with van der Waals surface area (Å²) in [6.45, 7) is 2.93. The van der Waals surface area contributed by atoms with Gasteiger partial charge in [-0.1, -0.05) is 29.3 Å². The van der Waals surface area contributed by atoms with E-state index in [1.165, 1.54) is 0 Å². The van der Waals surface area contributed by atoms with Gasteiger partial charge in [0.1, 0.15) is 0 Å². The van der Waals surface area contributed by atoms with E-state index in [9.17, 15) is 4.79 Å². The fraction of sp³-hybridized carbons (Fsp3) is 0.375. The van der Waals surface area contributed by atoms with Gasteiger partial charge in [0.25, 0.3) is 5.91 Å². The molecule has 23 heavy (non-hydrogen) atoms. The molecule has 0 saturated carbocycles. The summed E-state index contributed by atoms with van der Waals surface area (Å²) in [6, 6.07) is 5.33. The van der Waals surface area contributed by atoms with Crippen molar-refractivity contribution in [2.24, 2.45) is 0 Å². The summed E-state index contributed by atoms with van der Waals surface area (Å²) in [5.74, 6) is 0.585. The third kappa shape index (κ3) is 2.48. The Morgan fingerprint density at radius 3 is 2.65 bits per heavy atom. The molecule has 0 N–H and O–H groups in total. The number of fused-ring (bicyclic) bond motifs is 1. The van der Waals surface area contributed by atoms with Crippen molar-refractivity contribution in [3.8, 4) is 17.0 Å². The number of carbonyl (C=O) groups is 1. The van der Waals surface area contributed by atoms with Crippen LogP contribution in [0.15, 0.2) is 18.2 Å². The zero-order valence-corrected chi connectivity index (χ0v) is 13.9. The molecule has 1 aromatic carbocycles. The van der Waals surface area contributed by atoms with Gasteiger partial charge in [0.2, 0.25) is 5.88 Å². The Morgan fingerprint density at radius 1 is 1.13 bits per heavy atom. The van der Waals surface area contributed by atoms with Crippen LogP contribution < -0.4 is 4.74 Å². The lowest BCUT2D eigenvalue weighted by molar-refractivity contribution is 0.0645. The van der Waals surface area contributed by atoms with Crippen LogP contribution in [0.4, 0.5) is 0 Å². The molecule has 5 nitrogen and oxygen atoms in total. The minimum Gasteiger partial charge on any atom is -0.477 e. The molecule has 3 heterocycles. The predicted octanol–water partition coefficient (Wildman–Crippen LogP) is 3.49. The monoisotopic (exact) mass is 351 g/mol. The Labute approximate surface area is 143 Å². The number of amides is 1. The topological polar surface area (TPSA) is 47.4 Å². The van der Waals surface area contributed by atoms with Crippen LogP contribution in [0.1, 0.15) is 23.3 Å². The molecule has 7 heteroatoms. The Balaban J connectivity index is 1.86. The molecule has 0 aliphatic carbocycles. The van der Waals surface area contributed by atoms with E-state index in [-0.39, 0.29) is 5.91 Å². The van der Waals surface area contributed by atoms with Gasteiger partial charge in [-0.25, -0.2) is 4.68 Å². The maximum absolute atomic E-state index is 12.7. The van der Waals surface area contributed by atoms with Crippen molar-refractivity contribution in [1.82, 2.24) is 14.7 Å². The van der Waals surface area contributed by atoms with Crippen molar-refractivity contribution in [1.29, 1.82) is 0 Å². The fourth-order valence-electron chi connectivity index (χ4n) is 2.86. The van der Waals surface area contributed by atoms with Crippen LogP contribution in [0.25, 0.3) is 11.1 Å². The summed E-state index contributed by atoms with van der Waals surface area (Å²) >= 11 is 12.2. The molecule has 0 bridgehead atoms. The zero-order chi connectivity index (χ0) is 16.0. The maximum atomic E-state index is 12.7. The number of rotatable bonds is 2. The average molecular weight is 352 g/mol. The minimum absolute atomic E-state index is 0.0529. The molecule has 1 saturated heterocycles. The van der Waals surface area contributed by atoms with Crippen LogP contribution in [-0.4, -0.2) is 40.3 Å². The van der Waals surface area contributed by atoms with Gasteiger partial charge < -0.3 is 9.64 Å². The second-order valence-electron chi connectivity index (χ2n) is 5.73. The van der Waals surface area contributed by atoms with E-state index in [2.05, 4.69) is 5.10 Å². The SMILES string of the molecule is O=C(c1nn2c(c1-c1ccc(Cl)c(Cl)c1)OCCC2)N1CCC1. The van der Waals surface area contributed by atoms with E-state index < -0.39 is 0 Å². The Morgan fingerprint density at radius 2 is 1.96 bits per heavy atom. The molecule has 0 spiro atoms. The summed E-state index contributed by atoms with van der Waals surface area (Å²) in [5.41, 5.74) is 1.94. The molecule has 1 amide bonds. The summed E-state index contributed by atoms with van der Waals surface area (Å²) in [7, 11) is 0. The van der Waals surface area contributed by atoms with Gasteiger partial charge in [0, 0.05) is 26.1 Å². The lowest BCUT2D eigenvalue weighted by Gasteiger charge is -2.30. The van der Waals surface area contributed by atoms with E-state index in [4.69, 9.17) is 27.9 Å². The van der Waals surface area contributed by atoms with E-state index >= 15 is 0 Å². The maximum Gasteiger partial charge on any atom is 0.275 e. The number of aryl methyl sites for hydroxylation is 1. The molecule has 0 unspecified atom stereocenters. The van der Waals surface area contributed by atoms with E-state index in [0.29, 0.717) is 33.8 Å². The number of aromatic nitrogens is 2. The molecule has 2 aromatic rings. The Hall–Kier alpha value is -1.72. The lowest BCUT2D eigenvalue weighted by Crippen LogP contribution is -2.42. The summed E-state index contributed by atoms with van der Waals surface area (Å²) in [6.07, 6.45) is 1.92. The number of halogens is 2. The van der Waals surface area contributed by atoms with Crippen LogP contribution in [0.2, 0.25) is 10.0 Å². The molecule has 0 atom stereocenters. The number of nitrogens with zero attached hydrogens (tertiary/aromatic N) is 3. The molecular weight excluding hydrogens is 337 g/mol. The van der Waals surface area contributed by atoms with Crippen LogP contribution in [-0.2, 0) is 6.54 Å². The highest BCUT2D eigenvalue weighted by Crippen LogP contribution is 2.38. The van der Waals surface area contributed by atoms with Crippen molar-refractivity contribution in [2.75, 3.05) is 19.7 Å². The largest absolute Gasteiger partial charge is 0.477 e. The van der Waals surface area contributed by atoms with Crippen LogP contribution in [0.3, 0.4) is 0 Å². The number of carbonyl (C=O) groups excluding carboxylic acids is 1. The molecule has 2 aliphatic rings. The molecule has 120 valence electrons. The minimum atomic E-state index is -0.0529. The normalized spacial score (nSPS) is 16.5. The fourth-order valence-corrected chi connectivity index (χ4v) is 3.16. The first-order valence-corrected chi connectivity index (χ1v) is 8.39. The van der Waals surface area contributed by atoms with E-state index in [0.717, 1.165) is 38.0 Å². The quantitative estimate of drug-likeness (QED) is 0.831. The first kappa shape index (κ1) is 14.8. The van der Waals surface area contributed by atoms with Crippen molar-refractivity contribution in [3.63, 3.8) is 0 Å². The van der Waals surface area contributed by atoms with Crippen LogP contribution in [0, 0.1) is 0 Å². The van der Waals surface area contributed by atoms with Gasteiger partial charge in [-0.15, -0.1) is 0 Å². The zero-order valence-electron chi connectivity index (χ0n) is 12.4. The first-order valence-electron chi connectivity index (χ1n) is 7.63. The van der Waals surface area contributed by atoms with E-state index in [1.54, 1.807) is 21.7 Å². The molecule has 0 radical (unpaired) electrons. The number of hydrogen-bond acceptors (Lipinski definition) is 3. The molecular formula is C16H15Cl2N3O2. The lowest BCUT2D eigenvalue weighted by atomic mass is 10.0. The van der Waals surface area contributed by atoms with Crippen LogP contribution in [0.5, 0.6) is 5.88 Å².